The fourth-order valence-electron chi connectivity index (χ4n) is 2.20. The van der Waals surface area contributed by atoms with E-state index in [9.17, 15) is 10.2 Å². The van der Waals surface area contributed by atoms with Crippen molar-refractivity contribution >= 4 is 0 Å². The highest BCUT2D eigenvalue weighted by Gasteiger charge is 2.29. The predicted octanol–water partition coefficient (Wildman–Crippen LogP) is 0.982. The summed E-state index contributed by atoms with van der Waals surface area (Å²) in [7, 11) is 0. The molecule has 2 atom stereocenters. The lowest BCUT2D eigenvalue weighted by Crippen LogP contribution is -2.14. The van der Waals surface area contributed by atoms with Crippen molar-refractivity contribution in [1.29, 1.82) is 0 Å². The molecule has 0 amide bonds. The van der Waals surface area contributed by atoms with Gasteiger partial charge in [-0.1, -0.05) is 5.57 Å². The van der Waals surface area contributed by atoms with E-state index in [0.717, 1.165) is 37.7 Å². The van der Waals surface area contributed by atoms with Crippen LogP contribution in [0.3, 0.4) is 0 Å². The number of aliphatic hydroxyl groups excluding tert-OH is 2. The minimum Gasteiger partial charge on any atom is -0.392 e. The van der Waals surface area contributed by atoms with Crippen LogP contribution in [0.1, 0.15) is 32.1 Å². The maximum Gasteiger partial charge on any atom is 0.0753 e. The van der Waals surface area contributed by atoms with Gasteiger partial charge in [0.25, 0.3) is 0 Å². The zero-order valence-electron chi connectivity index (χ0n) is 6.58. The van der Waals surface area contributed by atoms with Gasteiger partial charge in [-0.3, -0.25) is 0 Å². The van der Waals surface area contributed by atoms with Crippen molar-refractivity contribution in [2.75, 3.05) is 0 Å². The van der Waals surface area contributed by atoms with Crippen LogP contribution in [0.25, 0.3) is 0 Å². The SMILES string of the molecule is OC1CC2=C(C1)C(O)CCC2. The molecule has 0 heterocycles. The van der Waals surface area contributed by atoms with Gasteiger partial charge >= 0.3 is 0 Å². The van der Waals surface area contributed by atoms with Crippen LogP contribution in [0.5, 0.6) is 0 Å². The van der Waals surface area contributed by atoms with Crippen LogP contribution in [0.4, 0.5) is 0 Å². The Hall–Kier alpha value is -0.340. The van der Waals surface area contributed by atoms with Gasteiger partial charge in [0.15, 0.2) is 0 Å². The molecule has 0 fully saturated rings. The minimum absolute atomic E-state index is 0.201. The van der Waals surface area contributed by atoms with Gasteiger partial charge < -0.3 is 10.2 Å². The Labute approximate surface area is 66.5 Å². The lowest BCUT2D eigenvalue weighted by molar-refractivity contribution is 0.164. The minimum atomic E-state index is -0.240. The highest BCUT2D eigenvalue weighted by Crippen LogP contribution is 2.36. The summed E-state index contributed by atoms with van der Waals surface area (Å²) < 4.78 is 0. The Morgan fingerprint density at radius 1 is 1.18 bits per heavy atom. The first-order chi connectivity index (χ1) is 5.27. The number of hydrogen-bond donors (Lipinski definition) is 2. The molecule has 11 heavy (non-hydrogen) atoms. The number of hydrogen-bond acceptors (Lipinski definition) is 2. The summed E-state index contributed by atoms with van der Waals surface area (Å²) in [6.45, 7) is 0. The molecule has 2 heteroatoms. The van der Waals surface area contributed by atoms with Gasteiger partial charge in [-0.05, 0) is 37.7 Å². The maximum atomic E-state index is 9.53. The van der Waals surface area contributed by atoms with Crippen LogP contribution in [0.2, 0.25) is 0 Å². The van der Waals surface area contributed by atoms with Crippen molar-refractivity contribution in [3.05, 3.63) is 11.1 Å². The van der Waals surface area contributed by atoms with E-state index in [2.05, 4.69) is 0 Å². The molecule has 0 saturated heterocycles. The highest BCUT2D eigenvalue weighted by atomic mass is 16.3. The van der Waals surface area contributed by atoms with Crippen molar-refractivity contribution in [3.63, 3.8) is 0 Å². The smallest absolute Gasteiger partial charge is 0.0753 e. The van der Waals surface area contributed by atoms with E-state index in [1.165, 1.54) is 5.57 Å². The largest absolute Gasteiger partial charge is 0.392 e. The lowest BCUT2D eigenvalue weighted by Gasteiger charge is -2.19. The van der Waals surface area contributed by atoms with Crippen LogP contribution in [0.15, 0.2) is 11.1 Å². The molecule has 0 aromatic heterocycles. The third-order valence-corrected chi connectivity index (χ3v) is 2.75. The Morgan fingerprint density at radius 2 is 2.00 bits per heavy atom. The van der Waals surface area contributed by atoms with Crippen molar-refractivity contribution in [2.45, 2.75) is 44.3 Å². The summed E-state index contributed by atoms with van der Waals surface area (Å²) in [4.78, 5) is 0. The molecule has 2 nitrogen and oxygen atoms in total. The van der Waals surface area contributed by atoms with Gasteiger partial charge in [0.05, 0.1) is 12.2 Å². The molecule has 2 rings (SSSR count). The Morgan fingerprint density at radius 3 is 2.73 bits per heavy atom. The van der Waals surface area contributed by atoms with E-state index in [1.54, 1.807) is 0 Å². The summed E-state index contributed by atoms with van der Waals surface area (Å²) in [5, 5.41) is 18.9. The van der Waals surface area contributed by atoms with Crippen LogP contribution in [-0.4, -0.2) is 22.4 Å². The lowest BCUT2D eigenvalue weighted by atomic mass is 9.92. The molecular formula is C9H14O2. The van der Waals surface area contributed by atoms with E-state index in [1.807, 2.05) is 0 Å². The van der Waals surface area contributed by atoms with Crippen LogP contribution >= 0.6 is 0 Å². The summed E-state index contributed by atoms with van der Waals surface area (Å²) in [5.41, 5.74) is 2.47. The zero-order valence-corrected chi connectivity index (χ0v) is 6.58. The molecule has 0 aromatic carbocycles. The molecule has 0 saturated carbocycles. The monoisotopic (exact) mass is 154 g/mol. The van der Waals surface area contributed by atoms with E-state index in [-0.39, 0.29) is 12.2 Å². The van der Waals surface area contributed by atoms with Gasteiger partial charge in [-0.25, -0.2) is 0 Å². The molecule has 0 aliphatic heterocycles. The molecule has 2 aliphatic carbocycles. The fourth-order valence-corrected chi connectivity index (χ4v) is 2.20. The summed E-state index contributed by atoms with van der Waals surface area (Å²) in [6.07, 6.45) is 4.17. The predicted molar refractivity (Wildman–Crippen MR) is 42.1 cm³/mol. The Bertz CT molecular complexity index is 196. The zero-order chi connectivity index (χ0) is 7.84. The first kappa shape index (κ1) is 7.32. The molecule has 0 spiro atoms. The first-order valence-electron chi connectivity index (χ1n) is 4.34. The van der Waals surface area contributed by atoms with Crippen molar-refractivity contribution < 1.29 is 10.2 Å². The standard InChI is InChI=1S/C9H14O2/c10-7-4-6-2-1-3-9(11)8(6)5-7/h7,9-11H,1-5H2. The molecule has 0 radical (unpaired) electrons. The van der Waals surface area contributed by atoms with Gasteiger partial charge in [0, 0.05) is 0 Å². The van der Waals surface area contributed by atoms with Gasteiger partial charge in [-0.2, -0.15) is 0 Å². The Kier molecular flexibility index (Phi) is 1.74. The van der Waals surface area contributed by atoms with E-state index < -0.39 is 0 Å². The molecule has 2 N–H and O–H groups in total. The molecule has 0 aromatic rings. The van der Waals surface area contributed by atoms with Crippen LogP contribution in [0, 0.1) is 0 Å². The second kappa shape index (κ2) is 2.61. The third-order valence-electron chi connectivity index (χ3n) is 2.75. The second-order valence-corrected chi connectivity index (χ2v) is 3.60. The average Bonchev–Trinajstić information content (AvgIpc) is 2.31. The average molecular weight is 154 g/mol. The normalized spacial score (nSPS) is 37.6. The number of rotatable bonds is 0. The van der Waals surface area contributed by atoms with E-state index >= 15 is 0 Å². The van der Waals surface area contributed by atoms with Gasteiger partial charge in [0.1, 0.15) is 0 Å². The summed E-state index contributed by atoms with van der Waals surface area (Å²) in [5.74, 6) is 0. The quantitative estimate of drug-likeness (QED) is 0.511. The summed E-state index contributed by atoms with van der Waals surface area (Å²) >= 11 is 0. The maximum absolute atomic E-state index is 9.53. The molecule has 0 bridgehead atoms. The van der Waals surface area contributed by atoms with Gasteiger partial charge in [0.2, 0.25) is 0 Å². The van der Waals surface area contributed by atoms with Crippen molar-refractivity contribution in [3.8, 4) is 0 Å². The molecule has 62 valence electrons. The number of aliphatic hydroxyl groups is 2. The summed E-state index contributed by atoms with van der Waals surface area (Å²) in [6, 6.07) is 0. The Balaban J connectivity index is 2.19. The molecule has 2 unspecified atom stereocenters. The topological polar surface area (TPSA) is 40.5 Å². The third kappa shape index (κ3) is 1.21. The first-order valence-corrected chi connectivity index (χ1v) is 4.34. The van der Waals surface area contributed by atoms with E-state index in [0.29, 0.717) is 0 Å². The fraction of sp³-hybridized carbons (Fsp3) is 0.778. The van der Waals surface area contributed by atoms with Crippen molar-refractivity contribution in [1.82, 2.24) is 0 Å². The highest BCUT2D eigenvalue weighted by molar-refractivity contribution is 5.27. The van der Waals surface area contributed by atoms with Crippen LogP contribution < -0.4 is 0 Å². The van der Waals surface area contributed by atoms with E-state index in [4.69, 9.17) is 0 Å². The second-order valence-electron chi connectivity index (χ2n) is 3.60. The molecular weight excluding hydrogens is 140 g/mol. The van der Waals surface area contributed by atoms with Crippen LogP contribution in [-0.2, 0) is 0 Å². The van der Waals surface area contributed by atoms with Gasteiger partial charge in [-0.15, -0.1) is 0 Å². The van der Waals surface area contributed by atoms with Crippen molar-refractivity contribution in [2.24, 2.45) is 0 Å². The molecule has 2 aliphatic rings.